The van der Waals surface area contributed by atoms with E-state index in [1.165, 1.54) is 6.08 Å². The number of halogens is 2. The highest BCUT2D eigenvalue weighted by Crippen LogP contribution is 2.11. The largest absolute Gasteiger partial charge is 0.312 e. The van der Waals surface area contributed by atoms with Crippen LogP contribution in [0.3, 0.4) is 0 Å². The Morgan fingerprint density at radius 2 is 1.94 bits per heavy atom. The zero-order valence-electron chi connectivity index (χ0n) is 8.65. The highest BCUT2D eigenvalue weighted by atomic mass is 35.5. The van der Waals surface area contributed by atoms with Crippen LogP contribution in [0, 0.1) is 11.3 Å². The number of hydrogen-bond donors (Lipinski definition) is 1. The minimum Gasteiger partial charge on any atom is -0.312 e. The van der Waals surface area contributed by atoms with Crippen LogP contribution in [0.25, 0.3) is 6.08 Å². The molecule has 0 heterocycles. The minimum atomic E-state index is -0.468. The molecule has 86 valence electrons. The first kappa shape index (κ1) is 13.3. The maximum Gasteiger partial charge on any atom is 0.248 e. The Labute approximate surface area is 109 Å². The van der Waals surface area contributed by atoms with Crippen molar-refractivity contribution in [1.29, 1.82) is 5.26 Å². The molecular weight excluding hydrogens is 259 g/mol. The predicted octanol–water partition coefficient (Wildman–Crippen LogP) is 2.99. The number of hydrogen-bond acceptors (Lipinski definition) is 2. The van der Waals surface area contributed by atoms with Gasteiger partial charge < -0.3 is 5.32 Å². The summed E-state index contributed by atoms with van der Waals surface area (Å²) in [5.74, 6) is -0.468. The van der Waals surface area contributed by atoms with Gasteiger partial charge in [-0.05, 0) is 11.6 Å². The maximum atomic E-state index is 11.4. The Kier molecular flexibility index (Phi) is 5.28. The second-order valence-electron chi connectivity index (χ2n) is 2.98. The molecule has 0 aliphatic carbocycles. The van der Waals surface area contributed by atoms with Gasteiger partial charge in [-0.1, -0.05) is 53.5 Å². The molecule has 1 aromatic carbocycles. The average Bonchev–Trinajstić information content (AvgIpc) is 2.34. The number of nitrogens with one attached hydrogen (secondary N) is 1. The molecule has 0 saturated carbocycles. The first-order valence-corrected chi connectivity index (χ1v) is 5.38. The monoisotopic (exact) mass is 266 g/mol. The second kappa shape index (κ2) is 6.74. The average molecular weight is 267 g/mol. The van der Waals surface area contributed by atoms with E-state index in [1.807, 2.05) is 30.3 Å². The highest BCUT2D eigenvalue weighted by Gasteiger charge is 2.04. The van der Waals surface area contributed by atoms with Crippen molar-refractivity contribution >= 4 is 35.2 Å². The molecule has 17 heavy (non-hydrogen) atoms. The van der Waals surface area contributed by atoms with Crippen molar-refractivity contribution in [2.75, 3.05) is 0 Å². The first-order chi connectivity index (χ1) is 8.13. The van der Waals surface area contributed by atoms with Crippen molar-refractivity contribution in [2.45, 2.75) is 0 Å². The Hall–Kier alpha value is -1.76. The Balaban J connectivity index is 2.66. The van der Waals surface area contributed by atoms with Crippen LogP contribution in [-0.2, 0) is 4.79 Å². The highest BCUT2D eigenvalue weighted by molar-refractivity contribution is 6.56. The van der Waals surface area contributed by atoms with Gasteiger partial charge in [-0.3, -0.25) is 4.79 Å². The van der Waals surface area contributed by atoms with Crippen LogP contribution < -0.4 is 5.32 Å². The van der Waals surface area contributed by atoms with E-state index < -0.39 is 5.91 Å². The number of nitriles is 1. The lowest BCUT2D eigenvalue weighted by Crippen LogP contribution is -2.19. The minimum absolute atomic E-state index is 0.170. The Bertz CT molecular complexity index is 497. The SMILES string of the molecule is N#CC(NC(=O)/C=C/c1ccccc1)=C(Cl)Cl. The predicted molar refractivity (Wildman–Crippen MR) is 68.0 cm³/mol. The molecule has 0 unspecified atom stereocenters. The van der Waals surface area contributed by atoms with Crippen LogP contribution in [-0.4, -0.2) is 5.91 Å². The lowest BCUT2D eigenvalue weighted by atomic mass is 10.2. The summed E-state index contributed by atoms with van der Waals surface area (Å²) in [5, 5.41) is 10.9. The van der Waals surface area contributed by atoms with Crippen molar-refractivity contribution in [1.82, 2.24) is 5.32 Å². The molecule has 1 aromatic rings. The van der Waals surface area contributed by atoms with Crippen LogP contribution in [0.1, 0.15) is 5.56 Å². The number of carbonyl (C=O) groups is 1. The fourth-order valence-electron chi connectivity index (χ4n) is 1.02. The van der Waals surface area contributed by atoms with Gasteiger partial charge in [-0.25, -0.2) is 0 Å². The molecule has 0 fully saturated rings. The van der Waals surface area contributed by atoms with Gasteiger partial charge in [0.25, 0.3) is 0 Å². The second-order valence-corrected chi connectivity index (χ2v) is 3.93. The van der Waals surface area contributed by atoms with Crippen LogP contribution in [0.4, 0.5) is 0 Å². The van der Waals surface area contributed by atoms with E-state index in [1.54, 1.807) is 12.1 Å². The van der Waals surface area contributed by atoms with Crippen molar-refractivity contribution in [3.8, 4) is 6.07 Å². The maximum absolute atomic E-state index is 11.4. The van der Waals surface area contributed by atoms with Gasteiger partial charge in [-0.2, -0.15) is 5.26 Å². The van der Waals surface area contributed by atoms with Gasteiger partial charge in [-0.15, -0.1) is 0 Å². The molecule has 0 aliphatic heterocycles. The van der Waals surface area contributed by atoms with Crippen molar-refractivity contribution in [2.24, 2.45) is 0 Å². The molecule has 0 aliphatic rings. The molecule has 1 amide bonds. The third-order valence-electron chi connectivity index (χ3n) is 1.78. The standard InChI is InChI=1S/C12H8Cl2N2O/c13-12(14)10(8-15)16-11(17)7-6-9-4-2-1-3-5-9/h1-7H,(H,16,17)/b7-6+. The third-order valence-corrected chi connectivity index (χ3v) is 2.15. The molecule has 1 rings (SSSR count). The summed E-state index contributed by atoms with van der Waals surface area (Å²) in [5.41, 5.74) is 0.707. The molecule has 0 bridgehead atoms. The van der Waals surface area contributed by atoms with Gasteiger partial charge >= 0.3 is 0 Å². The summed E-state index contributed by atoms with van der Waals surface area (Å²) in [4.78, 5) is 11.4. The fourth-order valence-corrected chi connectivity index (χ4v) is 1.20. The van der Waals surface area contributed by atoms with Crippen molar-refractivity contribution in [3.63, 3.8) is 0 Å². The summed E-state index contributed by atoms with van der Waals surface area (Å²) in [6.07, 6.45) is 2.91. The Morgan fingerprint density at radius 1 is 1.29 bits per heavy atom. The van der Waals surface area contributed by atoms with Gasteiger partial charge in [0.15, 0.2) is 5.70 Å². The van der Waals surface area contributed by atoms with Gasteiger partial charge in [0.1, 0.15) is 10.6 Å². The topological polar surface area (TPSA) is 52.9 Å². The Morgan fingerprint density at radius 3 is 2.47 bits per heavy atom. The van der Waals surface area contributed by atoms with Crippen LogP contribution >= 0.6 is 23.2 Å². The van der Waals surface area contributed by atoms with Crippen LogP contribution in [0.2, 0.25) is 0 Å². The smallest absolute Gasteiger partial charge is 0.248 e. The van der Waals surface area contributed by atoms with Crippen molar-refractivity contribution < 1.29 is 4.79 Å². The van der Waals surface area contributed by atoms with Gasteiger partial charge in [0, 0.05) is 6.08 Å². The van der Waals surface area contributed by atoms with E-state index in [-0.39, 0.29) is 10.2 Å². The normalized spacial score (nSPS) is 9.71. The molecule has 5 heteroatoms. The summed E-state index contributed by atoms with van der Waals surface area (Å²) in [6.45, 7) is 0. The summed E-state index contributed by atoms with van der Waals surface area (Å²) in [7, 11) is 0. The zero-order valence-corrected chi connectivity index (χ0v) is 10.2. The number of nitrogens with zero attached hydrogens (tertiary/aromatic N) is 1. The van der Waals surface area contributed by atoms with Crippen LogP contribution in [0.5, 0.6) is 0 Å². The molecule has 3 nitrogen and oxygen atoms in total. The summed E-state index contributed by atoms with van der Waals surface area (Å²) in [6, 6.07) is 11.0. The number of amides is 1. The number of benzene rings is 1. The third kappa shape index (κ3) is 4.73. The van der Waals surface area contributed by atoms with Gasteiger partial charge in [0.2, 0.25) is 5.91 Å². The molecule has 0 spiro atoms. The summed E-state index contributed by atoms with van der Waals surface area (Å²) >= 11 is 10.8. The van der Waals surface area contributed by atoms with Gasteiger partial charge in [0.05, 0.1) is 0 Å². The molecule has 0 aromatic heterocycles. The van der Waals surface area contributed by atoms with E-state index in [2.05, 4.69) is 5.32 Å². The van der Waals surface area contributed by atoms with E-state index >= 15 is 0 Å². The lowest BCUT2D eigenvalue weighted by molar-refractivity contribution is -0.115. The van der Waals surface area contributed by atoms with Crippen molar-refractivity contribution in [3.05, 3.63) is 52.2 Å². The number of rotatable bonds is 3. The molecule has 0 atom stereocenters. The lowest BCUT2D eigenvalue weighted by Gasteiger charge is -1.98. The van der Waals surface area contributed by atoms with Crippen LogP contribution in [0.15, 0.2) is 46.6 Å². The number of carbonyl (C=O) groups excluding carboxylic acids is 1. The summed E-state index contributed by atoms with van der Waals surface area (Å²) < 4.78 is -0.269. The zero-order chi connectivity index (χ0) is 12.7. The molecule has 0 saturated heterocycles. The number of allylic oxidation sites excluding steroid dienone is 1. The van der Waals surface area contributed by atoms with E-state index in [9.17, 15) is 4.79 Å². The van der Waals surface area contributed by atoms with E-state index in [0.29, 0.717) is 0 Å². The quantitative estimate of drug-likeness (QED) is 0.676. The first-order valence-electron chi connectivity index (χ1n) is 4.63. The molecule has 0 radical (unpaired) electrons. The molecular formula is C12H8Cl2N2O. The van der Waals surface area contributed by atoms with E-state index in [0.717, 1.165) is 5.56 Å². The van der Waals surface area contributed by atoms with E-state index in [4.69, 9.17) is 28.5 Å². The molecule has 1 N–H and O–H groups in total. The fraction of sp³-hybridized carbons (Fsp3) is 0.